The highest BCUT2D eigenvalue weighted by molar-refractivity contribution is 5.46. The fourth-order valence-corrected chi connectivity index (χ4v) is 2.91. The largest absolute Gasteiger partial charge is 0.496 e. The Hall–Kier alpha value is -1.10. The molecule has 20 heavy (non-hydrogen) atoms. The van der Waals surface area contributed by atoms with Gasteiger partial charge in [-0.15, -0.1) is 0 Å². The number of aryl methyl sites for hydroxylation is 1. The Labute approximate surface area is 121 Å². The molecule has 0 aliphatic carbocycles. The highest BCUT2D eigenvalue weighted by Crippen LogP contribution is 2.33. The van der Waals surface area contributed by atoms with Gasteiger partial charge in [0, 0.05) is 18.2 Å². The molecule has 0 spiro atoms. The van der Waals surface area contributed by atoms with Crippen molar-refractivity contribution in [1.29, 1.82) is 0 Å². The second-order valence-electron chi connectivity index (χ2n) is 5.56. The normalized spacial score (nSPS) is 20.1. The van der Waals surface area contributed by atoms with Crippen LogP contribution in [0.25, 0.3) is 0 Å². The monoisotopic (exact) mass is 278 g/mol. The first-order valence-corrected chi connectivity index (χ1v) is 7.39. The van der Waals surface area contributed by atoms with Gasteiger partial charge in [0.2, 0.25) is 0 Å². The van der Waals surface area contributed by atoms with Crippen LogP contribution in [0.15, 0.2) is 12.1 Å². The average Bonchev–Trinajstić information content (AvgIpc) is 2.96. The molecular weight excluding hydrogens is 252 g/mol. The third-order valence-electron chi connectivity index (χ3n) is 4.29. The molecule has 0 aromatic heterocycles. The van der Waals surface area contributed by atoms with Crippen LogP contribution in [0.2, 0.25) is 0 Å². The second kappa shape index (κ2) is 7.07. The minimum absolute atomic E-state index is 0.105. The molecule has 1 aliphatic rings. The first-order valence-electron chi connectivity index (χ1n) is 7.39. The van der Waals surface area contributed by atoms with E-state index in [9.17, 15) is 0 Å². The first-order chi connectivity index (χ1) is 9.67. The number of hydrogen-bond donors (Lipinski definition) is 2. The Morgan fingerprint density at radius 3 is 2.85 bits per heavy atom. The quantitative estimate of drug-likeness (QED) is 0.620. The number of hydrogen-bond acceptors (Lipinski definition) is 4. The van der Waals surface area contributed by atoms with Crippen LogP contribution < -0.4 is 16.0 Å². The molecule has 1 saturated heterocycles. The van der Waals surface area contributed by atoms with Crippen molar-refractivity contribution in [1.82, 2.24) is 5.43 Å². The van der Waals surface area contributed by atoms with Gasteiger partial charge in [0.25, 0.3) is 0 Å². The number of methoxy groups -OCH3 is 1. The van der Waals surface area contributed by atoms with Crippen LogP contribution >= 0.6 is 0 Å². The van der Waals surface area contributed by atoms with Crippen molar-refractivity contribution in [2.45, 2.75) is 51.7 Å². The Balaban J connectivity index is 2.11. The van der Waals surface area contributed by atoms with Crippen molar-refractivity contribution >= 4 is 0 Å². The lowest BCUT2D eigenvalue weighted by atomic mass is 9.95. The van der Waals surface area contributed by atoms with Crippen LogP contribution in [-0.4, -0.2) is 19.8 Å². The summed E-state index contributed by atoms with van der Waals surface area (Å²) >= 11 is 0. The van der Waals surface area contributed by atoms with Gasteiger partial charge in [-0.2, -0.15) is 0 Å². The van der Waals surface area contributed by atoms with E-state index in [1.54, 1.807) is 7.11 Å². The summed E-state index contributed by atoms with van der Waals surface area (Å²) in [6.07, 6.45) is 4.73. The highest BCUT2D eigenvalue weighted by atomic mass is 16.5. The summed E-state index contributed by atoms with van der Waals surface area (Å²) in [5.74, 6) is 6.70. The molecule has 0 bridgehead atoms. The molecule has 112 valence electrons. The Morgan fingerprint density at radius 1 is 1.45 bits per heavy atom. The standard InChI is InChI=1S/C16H26N2O2/c1-11-6-8-14(16(19-3)12(11)2)15(18-17)9-7-13-5-4-10-20-13/h6,8,13,15,18H,4-5,7,9-10,17H2,1-3H3. The molecule has 1 aromatic rings. The molecule has 2 atom stereocenters. The third-order valence-corrected chi connectivity index (χ3v) is 4.29. The maximum absolute atomic E-state index is 5.75. The van der Waals surface area contributed by atoms with Crippen molar-refractivity contribution in [3.8, 4) is 5.75 Å². The summed E-state index contributed by atoms with van der Waals surface area (Å²) in [6, 6.07) is 4.35. The number of benzene rings is 1. The molecule has 0 saturated carbocycles. The number of rotatable bonds is 6. The molecule has 0 amide bonds. The number of hydrazine groups is 1. The van der Waals surface area contributed by atoms with Crippen LogP contribution in [-0.2, 0) is 4.74 Å². The zero-order valence-electron chi connectivity index (χ0n) is 12.7. The molecule has 4 heteroatoms. The van der Waals surface area contributed by atoms with Crippen LogP contribution in [0.4, 0.5) is 0 Å². The summed E-state index contributed by atoms with van der Waals surface area (Å²) in [7, 11) is 1.72. The number of ether oxygens (including phenoxy) is 2. The van der Waals surface area contributed by atoms with Crippen molar-refractivity contribution in [3.05, 3.63) is 28.8 Å². The molecule has 2 unspecified atom stereocenters. The SMILES string of the molecule is COc1c(C(CCC2CCCO2)NN)ccc(C)c1C. The van der Waals surface area contributed by atoms with Crippen molar-refractivity contribution in [3.63, 3.8) is 0 Å². The smallest absolute Gasteiger partial charge is 0.126 e. The van der Waals surface area contributed by atoms with E-state index in [0.29, 0.717) is 6.10 Å². The molecule has 3 N–H and O–H groups in total. The lowest BCUT2D eigenvalue weighted by molar-refractivity contribution is 0.0995. The second-order valence-corrected chi connectivity index (χ2v) is 5.56. The van der Waals surface area contributed by atoms with Crippen LogP contribution in [0, 0.1) is 13.8 Å². The van der Waals surface area contributed by atoms with Gasteiger partial charge in [-0.05, 0) is 50.7 Å². The molecular formula is C16H26N2O2. The van der Waals surface area contributed by atoms with Gasteiger partial charge in [0.05, 0.1) is 13.2 Å². The van der Waals surface area contributed by atoms with E-state index >= 15 is 0 Å². The summed E-state index contributed by atoms with van der Waals surface area (Å²) in [4.78, 5) is 0. The van der Waals surface area contributed by atoms with Crippen molar-refractivity contribution in [2.24, 2.45) is 5.84 Å². The zero-order valence-corrected chi connectivity index (χ0v) is 12.7. The van der Waals surface area contributed by atoms with Crippen molar-refractivity contribution in [2.75, 3.05) is 13.7 Å². The van der Waals surface area contributed by atoms with E-state index in [1.165, 1.54) is 24.0 Å². The van der Waals surface area contributed by atoms with Gasteiger partial charge >= 0.3 is 0 Å². The zero-order chi connectivity index (χ0) is 14.5. The molecule has 1 heterocycles. The lowest BCUT2D eigenvalue weighted by Crippen LogP contribution is -2.29. The molecule has 1 aromatic carbocycles. The van der Waals surface area contributed by atoms with Crippen LogP contribution in [0.1, 0.15) is 48.4 Å². The van der Waals surface area contributed by atoms with E-state index in [1.807, 2.05) is 0 Å². The Kier molecular flexibility index (Phi) is 5.40. The van der Waals surface area contributed by atoms with E-state index in [2.05, 4.69) is 31.4 Å². The lowest BCUT2D eigenvalue weighted by Gasteiger charge is -2.22. The number of nitrogens with one attached hydrogen (secondary N) is 1. The summed E-state index contributed by atoms with van der Waals surface area (Å²) in [6.45, 7) is 5.09. The average molecular weight is 278 g/mol. The van der Waals surface area contributed by atoms with Crippen LogP contribution in [0.3, 0.4) is 0 Å². The van der Waals surface area contributed by atoms with Gasteiger partial charge in [-0.1, -0.05) is 12.1 Å². The van der Waals surface area contributed by atoms with E-state index in [-0.39, 0.29) is 6.04 Å². The Morgan fingerprint density at radius 2 is 2.25 bits per heavy atom. The molecule has 1 fully saturated rings. The molecule has 1 aliphatic heterocycles. The van der Waals surface area contributed by atoms with Gasteiger partial charge in [-0.25, -0.2) is 0 Å². The summed E-state index contributed by atoms with van der Waals surface area (Å²) < 4.78 is 11.3. The number of nitrogens with two attached hydrogens (primary N) is 1. The van der Waals surface area contributed by atoms with Gasteiger partial charge in [-0.3, -0.25) is 11.3 Å². The predicted octanol–water partition coefficient (Wildman–Crippen LogP) is 2.78. The highest BCUT2D eigenvalue weighted by Gasteiger charge is 2.21. The fraction of sp³-hybridized carbons (Fsp3) is 0.625. The molecule has 4 nitrogen and oxygen atoms in total. The predicted molar refractivity (Wildman–Crippen MR) is 80.7 cm³/mol. The summed E-state index contributed by atoms with van der Waals surface area (Å²) in [5, 5.41) is 0. The minimum atomic E-state index is 0.105. The van der Waals surface area contributed by atoms with Crippen LogP contribution in [0.5, 0.6) is 5.75 Å². The maximum atomic E-state index is 5.75. The fourth-order valence-electron chi connectivity index (χ4n) is 2.91. The first kappa shape index (κ1) is 15.3. The van der Waals surface area contributed by atoms with Gasteiger partial charge in [0.1, 0.15) is 5.75 Å². The van der Waals surface area contributed by atoms with Gasteiger partial charge in [0.15, 0.2) is 0 Å². The Bertz CT molecular complexity index is 442. The van der Waals surface area contributed by atoms with E-state index in [0.717, 1.165) is 30.8 Å². The molecule has 2 rings (SSSR count). The van der Waals surface area contributed by atoms with Gasteiger partial charge < -0.3 is 9.47 Å². The van der Waals surface area contributed by atoms with E-state index < -0.39 is 0 Å². The maximum Gasteiger partial charge on any atom is 0.126 e. The third kappa shape index (κ3) is 3.32. The summed E-state index contributed by atoms with van der Waals surface area (Å²) in [5.41, 5.74) is 6.48. The molecule has 0 radical (unpaired) electrons. The van der Waals surface area contributed by atoms with E-state index in [4.69, 9.17) is 15.3 Å². The minimum Gasteiger partial charge on any atom is -0.496 e. The topological polar surface area (TPSA) is 56.5 Å². The van der Waals surface area contributed by atoms with Crippen molar-refractivity contribution < 1.29 is 9.47 Å².